The molecule has 19 heavy (non-hydrogen) atoms. The fourth-order valence-electron chi connectivity index (χ4n) is 4.01. The molecule has 2 aliphatic rings. The average molecular weight is 261 g/mol. The van der Waals surface area contributed by atoms with E-state index < -0.39 is 0 Å². The number of rotatable bonds is 3. The van der Waals surface area contributed by atoms with Crippen molar-refractivity contribution in [2.75, 3.05) is 5.73 Å². The maximum atomic E-state index is 6.40. The topological polar surface area (TPSA) is 43.8 Å². The van der Waals surface area contributed by atoms with E-state index in [0.29, 0.717) is 11.8 Å². The molecule has 0 aromatic carbocycles. The van der Waals surface area contributed by atoms with Gasteiger partial charge in [0, 0.05) is 18.4 Å². The van der Waals surface area contributed by atoms with Crippen LogP contribution in [-0.2, 0) is 6.54 Å². The van der Waals surface area contributed by atoms with E-state index >= 15 is 0 Å². The quantitative estimate of drug-likeness (QED) is 0.886. The molecule has 1 heterocycles. The Labute approximate surface area is 116 Å². The molecule has 2 N–H and O–H groups in total. The van der Waals surface area contributed by atoms with Crippen LogP contribution < -0.4 is 5.73 Å². The van der Waals surface area contributed by atoms with Gasteiger partial charge in [0.25, 0.3) is 0 Å². The molecule has 0 atom stereocenters. The normalized spacial score (nSPS) is 22.2. The molecule has 0 bridgehead atoms. The highest BCUT2D eigenvalue weighted by atomic mass is 15.1. The Bertz CT molecular complexity index is 423. The van der Waals surface area contributed by atoms with E-state index in [0.717, 1.165) is 12.4 Å². The molecule has 0 radical (unpaired) electrons. The molecule has 3 heteroatoms. The van der Waals surface area contributed by atoms with Gasteiger partial charge in [-0.2, -0.15) is 0 Å². The molecule has 0 spiro atoms. The first-order valence-corrected chi connectivity index (χ1v) is 8.17. The van der Waals surface area contributed by atoms with Crippen LogP contribution in [0.3, 0.4) is 0 Å². The van der Waals surface area contributed by atoms with Crippen LogP contribution in [0, 0.1) is 0 Å². The van der Waals surface area contributed by atoms with Crippen molar-refractivity contribution in [1.82, 2.24) is 9.55 Å². The minimum Gasteiger partial charge on any atom is -0.384 e. The van der Waals surface area contributed by atoms with E-state index in [1.807, 2.05) is 0 Å². The highest BCUT2D eigenvalue weighted by molar-refractivity contribution is 5.41. The van der Waals surface area contributed by atoms with Gasteiger partial charge in [-0.3, -0.25) is 0 Å². The maximum Gasteiger partial charge on any atom is 0.127 e. The van der Waals surface area contributed by atoms with Gasteiger partial charge in [0.1, 0.15) is 11.6 Å². The summed E-state index contributed by atoms with van der Waals surface area (Å²) in [6.45, 7) is 3.17. The molecule has 0 saturated heterocycles. The van der Waals surface area contributed by atoms with E-state index in [-0.39, 0.29) is 0 Å². The van der Waals surface area contributed by atoms with Crippen molar-refractivity contribution in [3.8, 4) is 0 Å². The largest absolute Gasteiger partial charge is 0.384 e. The number of aromatic nitrogens is 2. The van der Waals surface area contributed by atoms with Crippen LogP contribution in [0.2, 0.25) is 0 Å². The smallest absolute Gasteiger partial charge is 0.127 e. The Hall–Kier alpha value is -0.990. The van der Waals surface area contributed by atoms with Crippen LogP contribution in [-0.4, -0.2) is 9.55 Å². The number of imidazole rings is 1. The Morgan fingerprint density at radius 1 is 1.00 bits per heavy atom. The number of nitrogen functional groups attached to an aromatic ring is 1. The number of anilines is 1. The fourth-order valence-corrected chi connectivity index (χ4v) is 4.01. The standard InChI is InChI=1S/C16H27N3/c1-2-19-15(17)14(12-8-6-7-9-12)18-16(19)13-10-4-3-5-11-13/h12-13H,2-11,17H2,1H3. The van der Waals surface area contributed by atoms with Crippen molar-refractivity contribution in [2.45, 2.75) is 83.1 Å². The lowest BCUT2D eigenvalue weighted by Gasteiger charge is -2.21. The Morgan fingerprint density at radius 2 is 1.58 bits per heavy atom. The summed E-state index contributed by atoms with van der Waals surface area (Å²) in [6.07, 6.45) is 12.0. The molecule has 2 fully saturated rings. The van der Waals surface area contributed by atoms with E-state index in [9.17, 15) is 0 Å². The zero-order valence-electron chi connectivity index (χ0n) is 12.2. The zero-order valence-corrected chi connectivity index (χ0v) is 12.2. The first-order chi connectivity index (χ1) is 9.31. The van der Waals surface area contributed by atoms with Crippen LogP contribution in [0.1, 0.15) is 88.1 Å². The summed E-state index contributed by atoms with van der Waals surface area (Å²) >= 11 is 0. The van der Waals surface area contributed by atoms with Gasteiger partial charge < -0.3 is 10.3 Å². The number of nitrogens with two attached hydrogens (primary N) is 1. The third-order valence-corrected chi connectivity index (χ3v) is 5.09. The van der Waals surface area contributed by atoms with Gasteiger partial charge in [-0.25, -0.2) is 4.98 Å². The first-order valence-electron chi connectivity index (χ1n) is 8.17. The van der Waals surface area contributed by atoms with Crippen LogP contribution >= 0.6 is 0 Å². The van der Waals surface area contributed by atoms with Gasteiger partial charge >= 0.3 is 0 Å². The van der Waals surface area contributed by atoms with E-state index in [2.05, 4.69) is 11.5 Å². The van der Waals surface area contributed by atoms with Crippen molar-refractivity contribution in [2.24, 2.45) is 0 Å². The summed E-state index contributed by atoms with van der Waals surface area (Å²) in [5, 5.41) is 0. The molecule has 0 aliphatic heterocycles. The molecule has 0 amide bonds. The second-order valence-electron chi connectivity index (χ2n) is 6.30. The first kappa shape index (κ1) is 13.0. The molecule has 3 nitrogen and oxygen atoms in total. The van der Waals surface area contributed by atoms with Crippen LogP contribution in [0.5, 0.6) is 0 Å². The molecule has 0 unspecified atom stereocenters. The monoisotopic (exact) mass is 261 g/mol. The van der Waals surface area contributed by atoms with Crippen molar-refractivity contribution < 1.29 is 0 Å². The SMILES string of the molecule is CCn1c(C2CCCCC2)nc(C2CCCC2)c1N. The predicted octanol–water partition coefficient (Wildman–Crippen LogP) is 4.19. The highest BCUT2D eigenvalue weighted by Gasteiger charge is 2.28. The van der Waals surface area contributed by atoms with E-state index in [1.165, 1.54) is 69.3 Å². The third-order valence-electron chi connectivity index (χ3n) is 5.09. The molecule has 1 aromatic rings. The van der Waals surface area contributed by atoms with Gasteiger partial charge in [0.2, 0.25) is 0 Å². The Balaban J connectivity index is 1.91. The minimum absolute atomic E-state index is 0.634. The molecular formula is C16H27N3. The number of hydrogen-bond donors (Lipinski definition) is 1. The fraction of sp³-hybridized carbons (Fsp3) is 0.812. The van der Waals surface area contributed by atoms with Crippen LogP contribution in [0.4, 0.5) is 5.82 Å². The Kier molecular flexibility index (Phi) is 3.81. The second-order valence-corrected chi connectivity index (χ2v) is 6.30. The van der Waals surface area contributed by atoms with Crippen molar-refractivity contribution in [3.05, 3.63) is 11.5 Å². The molecular weight excluding hydrogens is 234 g/mol. The number of nitrogens with zero attached hydrogens (tertiary/aromatic N) is 2. The van der Waals surface area contributed by atoms with E-state index in [1.54, 1.807) is 0 Å². The lowest BCUT2D eigenvalue weighted by Crippen LogP contribution is -2.12. The molecule has 1 aromatic heterocycles. The minimum atomic E-state index is 0.634. The van der Waals surface area contributed by atoms with Gasteiger partial charge in [-0.15, -0.1) is 0 Å². The molecule has 106 valence electrons. The number of hydrogen-bond acceptors (Lipinski definition) is 2. The lowest BCUT2D eigenvalue weighted by atomic mass is 9.88. The summed E-state index contributed by atoms with van der Waals surface area (Å²) < 4.78 is 2.30. The highest BCUT2D eigenvalue weighted by Crippen LogP contribution is 2.40. The van der Waals surface area contributed by atoms with Crippen LogP contribution in [0.15, 0.2) is 0 Å². The molecule has 2 aliphatic carbocycles. The van der Waals surface area contributed by atoms with Gasteiger partial charge in [-0.1, -0.05) is 32.1 Å². The van der Waals surface area contributed by atoms with E-state index in [4.69, 9.17) is 10.7 Å². The van der Waals surface area contributed by atoms with Crippen molar-refractivity contribution in [3.63, 3.8) is 0 Å². The van der Waals surface area contributed by atoms with Crippen LogP contribution in [0.25, 0.3) is 0 Å². The third kappa shape index (κ3) is 2.39. The summed E-state index contributed by atoms with van der Waals surface area (Å²) in [5.41, 5.74) is 7.62. The lowest BCUT2D eigenvalue weighted by molar-refractivity contribution is 0.417. The Morgan fingerprint density at radius 3 is 2.21 bits per heavy atom. The van der Waals surface area contributed by atoms with Gasteiger partial charge in [0.15, 0.2) is 0 Å². The van der Waals surface area contributed by atoms with Crippen molar-refractivity contribution in [1.29, 1.82) is 0 Å². The second kappa shape index (κ2) is 5.56. The average Bonchev–Trinajstić information content (AvgIpc) is 3.07. The maximum absolute atomic E-state index is 6.40. The predicted molar refractivity (Wildman–Crippen MR) is 79.3 cm³/mol. The van der Waals surface area contributed by atoms with Gasteiger partial charge in [-0.05, 0) is 32.6 Å². The molecule has 3 rings (SSSR count). The summed E-state index contributed by atoms with van der Waals surface area (Å²) in [4.78, 5) is 5.02. The summed E-state index contributed by atoms with van der Waals surface area (Å²) in [7, 11) is 0. The van der Waals surface area contributed by atoms with Gasteiger partial charge in [0.05, 0.1) is 5.69 Å². The van der Waals surface area contributed by atoms with Crippen molar-refractivity contribution >= 4 is 5.82 Å². The molecule has 2 saturated carbocycles. The zero-order chi connectivity index (χ0) is 13.2. The summed E-state index contributed by atoms with van der Waals surface area (Å²) in [6, 6.07) is 0. The summed E-state index contributed by atoms with van der Waals surface area (Å²) in [5.74, 6) is 3.55.